The van der Waals surface area contributed by atoms with Crippen LogP contribution in [0, 0.1) is 0 Å². The molecule has 0 amide bonds. The number of hydrogen-bond donors (Lipinski definition) is 0. The number of ether oxygens (including phenoxy) is 1. The van der Waals surface area contributed by atoms with Gasteiger partial charge in [0.25, 0.3) is 0 Å². The van der Waals surface area contributed by atoms with Crippen molar-refractivity contribution in [1.29, 1.82) is 0 Å². The Morgan fingerprint density at radius 2 is 2.06 bits per heavy atom. The van der Waals surface area contributed by atoms with Crippen molar-refractivity contribution in [2.75, 3.05) is 7.11 Å². The number of isocyanates is 1. The number of methoxy groups -OCH3 is 1. The lowest BCUT2D eigenvalue weighted by Crippen LogP contribution is -2.15. The minimum absolute atomic E-state index is 0.484. The van der Waals surface area contributed by atoms with Crippen LogP contribution in [-0.2, 0) is 10.3 Å². The van der Waals surface area contributed by atoms with Crippen molar-refractivity contribution in [1.82, 2.24) is 4.98 Å². The van der Waals surface area contributed by atoms with Gasteiger partial charge in [-0.1, -0.05) is 18.2 Å². The van der Waals surface area contributed by atoms with E-state index in [2.05, 4.69) is 9.98 Å². The van der Waals surface area contributed by atoms with E-state index in [0.29, 0.717) is 5.88 Å². The first-order valence-electron chi connectivity index (χ1n) is 5.62. The summed E-state index contributed by atoms with van der Waals surface area (Å²) >= 11 is 0. The number of carbonyl (C=O) groups excluding carboxylic acids is 1. The number of pyridine rings is 1. The number of rotatable bonds is 3. The van der Waals surface area contributed by atoms with E-state index >= 15 is 0 Å². The molecule has 0 fully saturated rings. The van der Waals surface area contributed by atoms with Crippen molar-refractivity contribution >= 4 is 17.0 Å². The van der Waals surface area contributed by atoms with E-state index < -0.39 is 5.54 Å². The number of fused-ring (bicyclic) bond motifs is 1. The second kappa shape index (κ2) is 4.59. The third kappa shape index (κ3) is 2.11. The summed E-state index contributed by atoms with van der Waals surface area (Å²) in [6.45, 7) is 3.65. The maximum Gasteiger partial charge on any atom is 0.235 e. The summed E-state index contributed by atoms with van der Waals surface area (Å²) < 4.78 is 5.29. The van der Waals surface area contributed by atoms with Crippen LogP contribution in [0.15, 0.2) is 35.3 Å². The Morgan fingerprint density at radius 1 is 1.33 bits per heavy atom. The second-order valence-corrected chi connectivity index (χ2v) is 4.50. The highest BCUT2D eigenvalue weighted by Gasteiger charge is 2.25. The average Bonchev–Trinajstić information content (AvgIpc) is 2.37. The van der Waals surface area contributed by atoms with Gasteiger partial charge < -0.3 is 4.74 Å². The first kappa shape index (κ1) is 12.3. The van der Waals surface area contributed by atoms with Gasteiger partial charge in [-0.25, -0.2) is 9.78 Å². The summed E-state index contributed by atoms with van der Waals surface area (Å²) in [6, 6.07) is 9.69. The molecular weight excluding hydrogens is 228 g/mol. The Hall–Kier alpha value is -2.19. The van der Waals surface area contributed by atoms with E-state index in [-0.39, 0.29) is 0 Å². The van der Waals surface area contributed by atoms with Crippen molar-refractivity contribution in [3.63, 3.8) is 0 Å². The zero-order chi connectivity index (χ0) is 13.2. The van der Waals surface area contributed by atoms with Gasteiger partial charge in [0.15, 0.2) is 0 Å². The molecule has 0 aliphatic rings. The summed E-state index contributed by atoms with van der Waals surface area (Å²) in [5, 5.41) is 0.988. The van der Waals surface area contributed by atoms with Crippen molar-refractivity contribution in [3.05, 3.63) is 35.9 Å². The first-order chi connectivity index (χ1) is 8.58. The largest absolute Gasteiger partial charge is 0.481 e. The molecule has 0 bridgehead atoms. The number of para-hydroxylation sites is 1. The Balaban J connectivity index is 2.72. The summed E-state index contributed by atoms with van der Waals surface area (Å²) in [5.74, 6) is 0.484. The third-order valence-electron chi connectivity index (χ3n) is 2.87. The highest BCUT2D eigenvalue weighted by molar-refractivity contribution is 5.80. The topological polar surface area (TPSA) is 51.6 Å². The van der Waals surface area contributed by atoms with Gasteiger partial charge in [0, 0.05) is 10.9 Å². The summed E-state index contributed by atoms with van der Waals surface area (Å²) in [5.41, 5.74) is 0.917. The molecule has 0 atom stereocenters. The highest BCUT2D eigenvalue weighted by atomic mass is 16.5. The molecule has 0 spiro atoms. The van der Waals surface area contributed by atoms with Crippen LogP contribution in [-0.4, -0.2) is 18.2 Å². The molecule has 1 aromatic heterocycles. The van der Waals surface area contributed by atoms with Crippen LogP contribution < -0.4 is 4.74 Å². The molecule has 0 saturated carbocycles. The van der Waals surface area contributed by atoms with E-state index in [1.54, 1.807) is 13.2 Å². The molecule has 4 nitrogen and oxygen atoms in total. The zero-order valence-electron chi connectivity index (χ0n) is 10.6. The van der Waals surface area contributed by atoms with E-state index in [1.165, 1.54) is 0 Å². The van der Waals surface area contributed by atoms with Crippen LogP contribution >= 0.6 is 0 Å². The predicted octanol–water partition coefficient (Wildman–Crippen LogP) is 2.81. The molecule has 2 aromatic rings. The molecule has 0 radical (unpaired) electrons. The lowest BCUT2D eigenvalue weighted by atomic mass is 9.95. The molecule has 0 saturated heterocycles. The fourth-order valence-corrected chi connectivity index (χ4v) is 1.87. The van der Waals surface area contributed by atoms with Gasteiger partial charge in [-0.2, -0.15) is 4.99 Å². The Bertz CT molecular complexity index is 629. The molecule has 92 valence electrons. The summed E-state index contributed by atoms with van der Waals surface area (Å²) in [6.07, 6.45) is 1.60. The van der Waals surface area contributed by atoms with E-state index in [0.717, 1.165) is 16.5 Å². The molecule has 0 aliphatic carbocycles. The summed E-state index contributed by atoms with van der Waals surface area (Å²) in [4.78, 5) is 18.8. The standard InChI is InChI=1S/C14H14N2O2/c1-14(2,15-9-17)11-8-10-6-4-5-7-12(10)16-13(11)18-3/h4-8H,1-3H3. The van der Waals surface area contributed by atoms with E-state index in [4.69, 9.17) is 4.74 Å². The van der Waals surface area contributed by atoms with E-state index in [1.807, 2.05) is 44.2 Å². The van der Waals surface area contributed by atoms with Crippen molar-refractivity contribution in [3.8, 4) is 5.88 Å². The van der Waals surface area contributed by atoms with Crippen LogP contribution in [0.1, 0.15) is 19.4 Å². The lowest BCUT2D eigenvalue weighted by molar-refractivity contribution is 0.380. The van der Waals surface area contributed by atoms with Crippen LogP contribution in [0.4, 0.5) is 0 Å². The monoisotopic (exact) mass is 242 g/mol. The molecule has 1 aromatic carbocycles. The molecule has 0 unspecified atom stereocenters. The number of hydrogen-bond acceptors (Lipinski definition) is 4. The van der Waals surface area contributed by atoms with Crippen LogP contribution in [0.5, 0.6) is 5.88 Å². The van der Waals surface area contributed by atoms with Crippen LogP contribution in [0.3, 0.4) is 0 Å². The second-order valence-electron chi connectivity index (χ2n) is 4.50. The van der Waals surface area contributed by atoms with Gasteiger partial charge >= 0.3 is 0 Å². The molecule has 4 heteroatoms. The predicted molar refractivity (Wildman–Crippen MR) is 69.4 cm³/mol. The Morgan fingerprint density at radius 3 is 2.72 bits per heavy atom. The van der Waals surface area contributed by atoms with Gasteiger partial charge in [-0.3, -0.25) is 0 Å². The maximum atomic E-state index is 10.5. The fraction of sp³-hybridized carbons (Fsp3) is 0.286. The minimum atomic E-state index is -0.704. The van der Waals surface area contributed by atoms with Crippen molar-refractivity contribution < 1.29 is 9.53 Å². The molecule has 18 heavy (non-hydrogen) atoms. The number of benzene rings is 1. The first-order valence-corrected chi connectivity index (χ1v) is 5.62. The normalized spacial score (nSPS) is 11.1. The smallest absolute Gasteiger partial charge is 0.235 e. The van der Waals surface area contributed by atoms with Gasteiger partial charge in [-0.05, 0) is 26.0 Å². The third-order valence-corrected chi connectivity index (χ3v) is 2.87. The number of aromatic nitrogens is 1. The molecule has 0 aliphatic heterocycles. The lowest BCUT2D eigenvalue weighted by Gasteiger charge is -2.20. The quantitative estimate of drug-likeness (QED) is 0.614. The SMILES string of the molecule is COc1nc2ccccc2cc1C(C)(C)N=C=O. The fourth-order valence-electron chi connectivity index (χ4n) is 1.87. The minimum Gasteiger partial charge on any atom is -0.481 e. The molecular formula is C14H14N2O2. The molecule has 2 rings (SSSR count). The zero-order valence-corrected chi connectivity index (χ0v) is 10.6. The van der Waals surface area contributed by atoms with Crippen molar-refractivity contribution in [2.45, 2.75) is 19.4 Å². The van der Waals surface area contributed by atoms with Crippen LogP contribution in [0.25, 0.3) is 10.9 Å². The van der Waals surface area contributed by atoms with Gasteiger partial charge in [0.05, 0.1) is 18.2 Å². The molecule has 0 N–H and O–H groups in total. The van der Waals surface area contributed by atoms with Crippen LogP contribution in [0.2, 0.25) is 0 Å². The van der Waals surface area contributed by atoms with Crippen molar-refractivity contribution in [2.24, 2.45) is 4.99 Å². The van der Waals surface area contributed by atoms with Gasteiger partial charge in [-0.15, -0.1) is 0 Å². The number of nitrogens with zero attached hydrogens (tertiary/aromatic N) is 2. The molecule has 1 heterocycles. The highest BCUT2D eigenvalue weighted by Crippen LogP contribution is 2.33. The Kier molecular flexibility index (Phi) is 3.13. The summed E-state index contributed by atoms with van der Waals surface area (Å²) in [7, 11) is 1.56. The van der Waals surface area contributed by atoms with Gasteiger partial charge in [0.2, 0.25) is 12.0 Å². The number of aliphatic imine (C=N–C) groups is 1. The van der Waals surface area contributed by atoms with Gasteiger partial charge in [0.1, 0.15) is 0 Å². The van der Waals surface area contributed by atoms with E-state index in [9.17, 15) is 4.79 Å². The Labute approximate surface area is 105 Å². The maximum absolute atomic E-state index is 10.5. The average molecular weight is 242 g/mol.